The Morgan fingerprint density at radius 1 is 0.967 bits per heavy atom. The molecule has 4 amide bonds. The van der Waals surface area contributed by atoms with Gasteiger partial charge in [0, 0.05) is 46.5 Å². The zero-order valence-electron chi connectivity index (χ0n) is 35.0. The second kappa shape index (κ2) is 16.7. The van der Waals surface area contributed by atoms with Gasteiger partial charge < -0.3 is 29.2 Å². The van der Waals surface area contributed by atoms with Crippen molar-refractivity contribution in [2.24, 2.45) is 11.3 Å². The third kappa shape index (κ3) is 9.14. The van der Waals surface area contributed by atoms with Crippen LogP contribution in [0.5, 0.6) is 17.2 Å². The molecule has 2 heterocycles. The van der Waals surface area contributed by atoms with Gasteiger partial charge in [-0.05, 0) is 62.1 Å². The lowest BCUT2D eigenvalue weighted by molar-refractivity contribution is -0.150. The number of aryl methyl sites for hydroxylation is 1. The van der Waals surface area contributed by atoms with Gasteiger partial charge in [0.05, 0.1) is 37.2 Å². The molecule has 3 aliphatic rings. The molecule has 1 saturated heterocycles. The number of pyridine rings is 1. The fraction of sp³-hybridized carbons (Fsp3) is 0.400. The number of nitrogens with one attached hydrogen (secondary N) is 3. The van der Waals surface area contributed by atoms with Crippen molar-refractivity contribution < 1.29 is 46.5 Å². The van der Waals surface area contributed by atoms with Gasteiger partial charge in [0.2, 0.25) is 15.9 Å². The average molecular weight is 854 g/mol. The molecule has 16 heteroatoms. The van der Waals surface area contributed by atoms with E-state index in [-0.39, 0.29) is 19.4 Å². The molecule has 1 aromatic heterocycles. The number of carbonyl (C=O) groups is 4. The Morgan fingerprint density at radius 2 is 1.66 bits per heavy atom. The maximum atomic E-state index is 14.8. The molecular weight excluding hydrogens is 803 g/mol. The first-order valence-corrected chi connectivity index (χ1v) is 21.6. The number of anilines is 1. The first-order valence-electron chi connectivity index (χ1n) is 20.1. The van der Waals surface area contributed by atoms with Crippen molar-refractivity contribution >= 4 is 50.4 Å². The zero-order valence-corrected chi connectivity index (χ0v) is 35.8. The topological polar surface area (TPSA) is 192 Å². The summed E-state index contributed by atoms with van der Waals surface area (Å²) in [6.07, 6.45) is -0.589. The van der Waals surface area contributed by atoms with E-state index in [1.54, 1.807) is 71.2 Å². The lowest BCUT2D eigenvalue weighted by Gasteiger charge is -2.34. The third-order valence-electron chi connectivity index (χ3n) is 11.3. The van der Waals surface area contributed by atoms with E-state index in [4.69, 9.17) is 23.9 Å². The number of aromatic nitrogens is 1. The Labute approximate surface area is 355 Å². The van der Waals surface area contributed by atoms with Gasteiger partial charge in [-0.15, -0.1) is 6.58 Å². The van der Waals surface area contributed by atoms with Gasteiger partial charge in [-0.25, -0.2) is 18.2 Å². The Hall–Kier alpha value is -6.16. The standard InChI is InChI=1S/C45H51N5O10S/c1-8-28-24-45(28,42(53)49-61(55,56)32-16-17-32)48-40(51)37-22-31(59-38-23-35(27-12-10-9-11-13-27)46-36-21-30(58-7)14-18-33(36)38)25-50(37)41(52)39(44(3,4)5)60-43(54)47-34-19-15-29(57-6)20-26(34)2/h8-15,18-21,23,28,31-32,37,39H,1,16-17,22,24-25H2,2-7H3,(H,47,54)(H,48,51)(H,49,53)/t28-,31-,37+,39-,45-/m1/s1. The summed E-state index contributed by atoms with van der Waals surface area (Å²) >= 11 is 0. The molecule has 0 spiro atoms. The summed E-state index contributed by atoms with van der Waals surface area (Å²) in [5, 5.41) is 5.52. The molecule has 61 heavy (non-hydrogen) atoms. The predicted molar refractivity (Wildman–Crippen MR) is 229 cm³/mol. The lowest BCUT2D eigenvalue weighted by Crippen LogP contribution is -2.58. The van der Waals surface area contributed by atoms with Crippen LogP contribution in [0, 0.1) is 18.3 Å². The molecule has 2 aliphatic carbocycles. The van der Waals surface area contributed by atoms with E-state index in [0.717, 1.165) is 5.56 Å². The average Bonchev–Trinajstić information content (AvgIpc) is 4.16. The fourth-order valence-electron chi connectivity index (χ4n) is 7.63. The summed E-state index contributed by atoms with van der Waals surface area (Å²) in [6.45, 7) is 10.7. The molecular formula is C45H51N5O10S. The number of benzene rings is 3. The van der Waals surface area contributed by atoms with E-state index >= 15 is 0 Å². The molecule has 5 atom stereocenters. The summed E-state index contributed by atoms with van der Waals surface area (Å²) in [6, 6.07) is 20.6. The van der Waals surface area contributed by atoms with Crippen molar-refractivity contribution in [1.29, 1.82) is 0 Å². The van der Waals surface area contributed by atoms with Crippen LogP contribution in [0.2, 0.25) is 0 Å². The molecule has 15 nitrogen and oxygen atoms in total. The smallest absolute Gasteiger partial charge is 0.412 e. The number of hydrogen-bond acceptors (Lipinski definition) is 11. The molecule has 322 valence electrons. The number of methoxy groups -OCH3 is 2. The number of amides is 4. The lowest BCUT2D eigenvalue weighted by atomic mass is 9.88. The highest BCUT2D eigenvalue weighted by molar-refractivity contribution is 7.91. The van der Waals surface area contributed by atoms with Gasteiger partial charge in [0.25, 0.3) is 11.8 Å². The van der Waals surface area contributed by atoms with Crippen LogP contribution in [0.3, 0.4) is 0 Å². The molecule has 0 radical (unpaired) electrons. The Bertz CT molecular complexity index is 2490. The maximum absolute atomic E-state index is 14.8. The number of hydrogen-bond donors (Lipinski definition) is 3. The molecule has 3 N–H and O–H groups in total. The minimum absolute atomic E-state index is 0.0247. The van der Waals surface area contributed by atoms with E-state index < -0.39 is 74.2 Å². The number of likely N-dealkylation sites (tertiary alicyclic amines) is 1. The molecule has 2 saturated carbocycles. The van der Waals surface area contributed by atoms with Crippen molar-refractivity contribution in [1.82, 2.24) is 19.9 Å². The van der Waals surface area contributed by atoms with Crippen LogP contribution in [-0.2, 0) is 29.1 Å². The van der Waals surface area contributed by atoms with E-state index in [1.807, 2.05) is 36.4 Å². The number of rotatable bonds is 14. The second-order valence-corrected chi connectivity index (χ2v) is 18.8. The Balaban J connectivity index is 1.21. The van der Waals surface area contributed by atoms with Crippen LogP contribution >= 0.6 is 0 Å². The van der Waals surface area contributed by atoms with Crippen molar-refractivity contribution in [3.8, 4) is 28.5 Å². The van der Waals surface area contributed by atoms with Crippen molar-refractivity contribution in [3.63, 3.8) is 0 Å². The largest absolute Gasteiger partial charge is 0.497 e. The van der Waals surface area contributed by atoms with Crippen molar-refractivity contribution in [3.05, 3.63) is 91.0 Å². The van der Waals surface area contributed by atoms with Gasteiger partial charge in [0.1, 0.15) is 34.9 Å². The van der Waals surface area contributed by atoms with E-state index in [1.165, 1.54) is 18.1 Å². The quantitative estimate of drug-likeness (QED) is 0.128. The number of fused-ring (bicyclic) bond motifs is 1. The van der Waals surface area contributed by atoms with Crippen LogP contribution in [-0.4, -0.2) is 91.9 Å². The second-order valence-electron chi connectivity index (χ2n) is 16.9. The molecule has 1 aliphatic heterocycles. The molecule has 7 rings (SSSR count). The maximum Gasteiger partial charge on any atom is 0.412 e. The van der Waals surface area contributed by atoms with Gasteiger partial charge >= 0.3 is 6.09 Å². The number of ether oxygens (including phenoxy) is 4. The van der Waals surface area contributed by atoms with E-state index in [0.29, 0.717) is 57.9 Å². The van der Waals surface area contributed by atoms with Crippen LogP contribution in [0.1, 0.15) is 52.0 Å². The van der Waals surface area contributed by atoms with Crippen molar-refractivity contribution in [2.45, 2.75) is 82.4 Å². The fourth-order valence-corrected chi connectivity index (χ4v) is 8.99. The third-order valence-corrected chi connectivity index (χ3v) is 13.2. The first-order chi connectivity index (χ1) is 29.0. The molecule has 3 aromatic carbocycles. The molecule has 3 fully saturated rings. The highest BCUT2D eigenvalue weighted by atomic mass is 32.2. The van der Waals surface area contributed by atoms with E-state index in [9.17, 15) is 27.6 Å². The minimum atomic E-state index is -3.94. The van der Waals surface area contributed by atoms with E-state index in [2.05, 4.69) is 21.9 Å². The Kier molecular flexibility index (Phi) is 11.8. The predicted octanol–water partition coefficient (Wildman–Crippen LogP) is 5.91. The SMILES string of the molecule is C=C[C@@H]1C[C@]1(NC(=O)[C@@H]1C[C@@H](Oc2cc(-c3ccccc3)nc3cc(OC)ccc23)CN1C(=O)[C@@H](OC(=O)Nc1ccc(OC)cc1C)C(C)(C)C)C(=O)NS(=O)(=O)C1CC1. The summed E-state index contributed by atoms with van der Waals surface area (Å²) in [5.74, 6) is -1.17. The first kappa shape index (κ1) is 42.9. The van der Waals surface area contributed by atoms with Gasteiger partial charge in [0.15, 0.2) is 6.10 Å². The highest BCUT2D eigenvalue weighted by Crippen LogP contribution is 2.46. The Morgan fingerprint density at radius 3 is 2.28 bits per heavy atom. The molecule has 0 bridgehead atoms. The van der Waals surface area contributed by atoms with Gasteiger partial charge in [-0.1, -0.05) is 57.2 Å². The summed E-state index contributed by atoms with van der Waals surface area (Å²) in [4.78, 5) is 62.7. The van der Waals surface area contributed by atoms with Crippen molar-refractivity contribution in [2.75, 3.05) is 26.1 Å². The minimum Gasteiger partial charge on any atom is -0.497 e. The number of nitrogens with zero attached hydrogens (tertiary/aromatic N) is 2. The molecule has 0 unspecified atom stereocenters. The van der Waals surface area contributed by atoms with Crippen LogP contribution in [0.4, 0.5) is 10.5 Å². The van der Waals surface area contributed by atoms with Crippen LogP contribution < -0.4 is 29.6 Å². The monoisotopic (exact) mass is 853 g/mol. The summed E-state index contributed by atoms with van der Waals surface area (Å²) in [5.41, 5.74) is 0.627. The summed E-state index contributed by atoms with van der Waals surface area (Å²) in [7, 11) is -0.846. The number of carbonyl (C=O) groups excluding carboxylic acids is 4. The van der Waals surface area contributed by atoms with Crippen LogP contribution in [0.25, 0.3) is 22.2 Å². The van der Waals surface area contributed by atoms with Gasteiger partial charge in [-0.3, -0.25) is 24.4 Å². The highest BCUT2D eigenvalue weighted by Gasteiger charge is 2.62. The van der Waals surface area contributed by atoms with Gasteiger partial charge in [-0.2, -0.15) is 0 Å². The molecule has 4 aromatic rings. The summed E-state index contributed by atoms with van der Waals surface area (Å²) < 4.78 is 51.2. The zero-order chi connectivity index (χ0) is 43.9. The normalized spacial score (nSPS) is 21.5. The van der Waals surface area contributed by atoms with Crippen LogP contribution in [0.15, 0.2) is 85.5 Å². The number of sulfonamides is 1.